The zero-order chi connectivity index (χ0) is 19.6. The van der Waals surface area contributed by atoms with Gasteiger partial charge in [0.25, 0.3) is 0 Å². The fourth-order valence-corrected chi connectivity index (χ4v) is 3.37. The number of rotatable bonds is 11. The molecule has 0 spiro atoms. The number of benzene rings is 2. The Hall–Kier alpha value is -1.94. The molecule has 0 aliphatic carbocycles. The van der Waals surface area contributed by atoms with Crippen LogP contribution in [0.4, 0.5) is 0 Å². The number of hydrogen-bond acceptors (Lipinski definition) is 3. The number of allylic oxidation sites excluding steroid dienone is 1. The molecule has 0 aliphatic heterocycles. The molecular weight excluding hydrogens is 356 g/mol. The summed E-state index contributed by atoms with van der Waals surface area (Å²) < 4.78 is 0. The van der Waals surface area contributed by atoms with Crippen LogP contribution >= 0.6 is 11.6 Å². The molecule has 0 radical (unpaired) electrons. The number of nitrogens with one attached hydrogen (secondary N) is 2. The summed E-state index contributed by atoms with van der Waals surface area (Å²) in [6, 6.07) is 14.2. The lowest BCUT2D eigenvalue weighted by Gasteiger charge is -2.18. The van der Waals surface area contributed by atoms with Crippen LogP contribution in [0.3, 0.4) is 0 Å². The predicted molar refractivity (Wildman–Crippen MR) is 115 cm³/mol. The van der Waals surface area contributed by atoms with Gasteiger partial charge >= 0.3 is 0 Å². The standard InChI is InChI=1S/C23H29ClN2O/c1-17(2)23-7-5-4-6-21(23)16-26-14-19(10-11-27)13-25-15-20-8-9-22(24)12-18(20)3/h4-9,11-12,19,25-26H,1,10,13-16H2,2-3H3. The molecule has 2 aromatic carbocycles. The number of carbonyl (C=O) groups is 1. The molecule has 144 valence electrons. The molecule has 0 saturated carbocycles. The van der Waals surface area contributed by atoms with Crippen molar-refractivity contribution in [2.24, 2.45) is 5.92 Å². The van der Waals surface area contributed by atoms with E-state index >= 15 is 0 Å². The van der Waals surface area contributed by atoms with E-state index in [0.29, 0.717) is 6.42 Å². The lowest BCUT2D eigenvalue weighted by molar-refractivity contribution is -0.108. The van der Waals surface area contributed by atoms with E-state index in [1.807, 2.05) is 37.3 Å². The Kier molecular flexibility index (Phi) is 8.73. The molecule has 0 bridgehead atoms. The van der Waals surface area contributed by atoms with Crippen molar-refractivity contribution in [3.05, 3.63) is 76.3 Å². The molecule has 1 unspecified atom stereocenters. The van der Waals surface area contributed by atoms with Crippen molar-refractivity contribution in [3.8, 4) is 0 Å². The minimum Gasteiger partial charge on any atom is -0.312 e. The highest BCUT2D eigenvalue weighted by atomic mass is 35.5. The smallest absolute Gasteiger partial charge is 0.120 e. The van der Waals surface area contributed by atoms with Crippen molar-refractivity contribution in [3.63, 3.8) is 0 Å². The molecule has 0 aromatic heterocycles. The topological polar surface area (TPSA) is 41.1 Å². The molecule has 0 aliphatic rings. The van der Waals surface area contributed by atoms with Crippen LogP contribution in [0.1, 0.15) is 35.6 Å². The zero-order valence-electron chi connectivity index (χ0n) is 16.2. The second kappa shape index (κ2) is 11.0. The summed E-state index contributed by atoms with van der Waals surface area (Å²) in [6.07, 6.45) is 1.55. The molecule has 27 heavy (non-hydrogen) atoms. The van der Waals surface area contributed by atoms with Gasteiger partial charge < -0.3 is 15.4 Å². The van der Waals surface area contributed by atoms with Gasteiger partial charge in [-0.25, -0.2) is 0 Å². The fourth-order valence-electron chi connectivity index (χ4n) is 3.15. The molecule has 3 nitrogen and oxygen atoms in total. The first-order valence-corrected chi connectivity index (χ1v) is 9.73. The Labute approximate surface area is 167 Å². The Morgan fingerprint density at radius 3 is 2.41 bits per heavy atom. The largest absolute Gasteiger partial charge is 0.312 e. The first-order valence-electron chi connectivity index (χ1n) is 9.35. The zero-order valence-corrected chi connectivity index (χ0v) is 17.0. The van der Waals surface area contributed by atoms with E-state index in [9.17, 15) is 4.79 Å². The number of hydrogen-bond donors (Lipinski definition) is 2. The molecule has 2 aromatic rings. The van der Waals surface area contributed by atoms with E-state index in [-0.39, 0.29) is 5.92 Å². The van der Waals surface area contributed by atoms with Gasteiger partial charge in [-0.2, -0.15) is 0 Å². The van der Waals surface area contributed by atoms with Crippen LogP contribution < -0.4 is 10.6 Å². The Balaban J connectivity index is 1.83. The van der Waals surface area contributed by atoms with Crippen molar-refractivity contribution in [1.29, 1.82) is 0 Å². The third-order valence-electron chi connectivity index (χ3n) is 4.71. The molecule has 0 heterocycles. The summed E-state index contributed by atoms with van der Waals surface area (Å²) in [5, 5.41) is 7.72. The van der Waals surface area contributed by atoms with E-state index in [0.717, 1.165) is 43.1 Å². The normalized spacial score (nSPS) is 12.0. The van der Waals surface area contributed by atoms with Gasteiger partial charge in [-0.05, 0) is 67.2 Å². The molecule has 0 fully saturated rings. The van der Waals surface area contributed by atoms with Crippen LogP contribution in [0, 0.1) is 12.8 Å². The maximum absolute atomic E-state index is 11.0. The van der Waals surface area contributed by atoms with Crippen molar-refractivity contribution < 1.29 is 4.79 Å². The average molecular weight is 385 g/mol. The number of carbonyl (C=O) groups excluding carboxylic acids is 1. The minimum atomic E-state index is 0.257. The van der Waals surface area contributed by atoms with Gasteiger partial charge in [0.15, 0.2) is 0 Å². The molecule has 2 rings (SSSR count). The Morgan fingerprint density at radius 2 is 1.78 bits per heavy atom. The van der Waals surface area contributed by atoms with E-state index in [1.54, 1.807) is 0 Å². The van der Waals surface area contributed by atoms with Gasteiger partial charge in [-0.1, -0.05) is 54.1 Å². The SMILES string of the molecule is C=C(C)c1ccccc1CNCC(CC=O)CNCc1ccc(Cl)cc1C. The Bertz CT molecular complexity index is 773. The summed E-state index contributed by atoms with van der Waals surface area (Å²) in [5.41, 5.74) is 5.90. The summed E-state index contributed by atoms with van der Waals surface area (Å²) in [6.45, 7) is 11.3. The summed E-state index contributed by atoms with van der Waals surface area (Å²) in [5.74, 6) is 0.257. The second-order valence-corrected chi connectivity index (χ2v) is 7.47. The quantitative estimate of drug-likeness (QED) is 0.548. The summed E-state index contributed by atoms with van der Waals surface area (Å²) in [7, 11) is 0. The highest BCUT2D eigenvalue weighted by Crippen LogP contribution is 2.17. The first-order chi connectivity index (χ1) is 13.0. The van der Waals surface area contributed by atoms with Crippen molar-refractivity contribution in [2.45, 2.75) is 33.4 Å². The van der Waals surface area contributed by atoms with Crippen LogP contribution in [0.15, 0.2) is 49.0 Å². The third-order valence-corrected chi connectivity index (χ3v) is 4.94. The van der Waals surface area contributed by atoms with Crippen LogP contribution in [-0.4, -0.2) is 19.4 Å². The number of aryl methyl sites for hydroxylation is 1. The lowest BCUT2D eigenvalue weighted by Crippen LogP contribution is -2.31. The summed E-state index contributed by atoms with van der Waals surface area (Å²) in [4.78, 5) is 11.0. The maximum Gasteiger partial charge on any atom is 0.120 e. The predicted octanol–water partition coefficient (Wildman–Crippen LogP) is 4.77. The maximum atomic E-state index is 11.0. The Morgan fingerprint density at radius 1 is 1.11 bits per heavy atom. The molecular formula is C23H29ClN2O. The van der Waals surface area contributed by atoms with Gasteiger partial charge in [0.05, 0.1) is 0 Å². The number of halogens is 1. The molecule has 0 amide bonds. The third kappa shape index (κ3) is 6.94. The summed E-state index contributed by atoms with van der Waals surface area (Å²) >= 11 is 6.01. The van der Waals surface area contributed by atoms with Crippen LogP contribution in [0.25, 0.3) is 5.57 Å². The first kappa shape index (κ1) is 21.4. The minimum absolute atomic E-state index is 0.257. The van der Waals surface area contributed by atoms with Crippen molar-refractivity contribution >= 4 is 23.5 Å². The van der Waals surface area contributed by atoms with Crippen LogP contribution in [0.2, 0.25) is 5.02 Å². The van der Waals surface area contributed by atoms with Crippen LogP contribution in [0.5, 0.6) is 0 Å². The average Bonchev–Trinajstić information content (AvgIpc) is 2.63. The van der Waals surface area contributed by atoms with E-state index in [2.05, 4.69) is 36.3 Å². The fraction of sp³-hybridized carbons (Fsp3) is 0.348. The second-order valence-electron chi connectivity index (χ2n) is 7.04. The highest BCUT2D eigenvalue weighted by molar-refractivity contribution is 6.30. The molecule has 1 atom stereocenters. The molecule has 4 heteroatoms. The lowest BCUT2D eigenvalue weighted by atomic mass is 10.0. The van der Waals surface area contributed by atoms with Gasteiger partial charge in [-0.3, -0.25) is 0 Å². The van der Waals surface area contributed by atoms with Gasteiger partial charge in [0.2, 0.25) is 0 Å². The molecule has 0 saturated heterocycles. The monoisotopic (exact) mass is 384 g/mol. The number of aldehydes is 1. The van der Waals surface area contributed by atoms with E-state index < -0.39 is 0 Å². The van der Waals surface area contributed by atoms with E-state index in [1.165, 1.54) is 22.3 Å². The van der Waals surface area contributed by atoms with Gasteiger partial charge in [0, 0.05) is 24.5 Å². The highest BCUT2D eigenvalue weighted by Gasteiger charge is 2.09. The van der Waals surface area contributed by atoms with Crippen molar-refractivity contribution in [1.82, 2.24) is 10.6 Å². The van der Waals surface area contributed by atoms with Gasteiger partial charge in [0.1, 0.15) is 6.29 Å². The van der Waals surface area contributed by atoms with Crippen molar-refractivity contribution in [2.75, 3.05) is 13.1 Å². The van der Waals surface area contributed by atoms with Gasteiger partial charge in [-0.15, -0.1) is 0 Å². The van der Waals surface area contributed by atoms with E-state index in [4.69, 9.17) is 11.6 Å². The van der Waals surface area contributed by atoms with Crippen LogP contribution in [-0.2, 0) is 17.9 Å². The molecule has 2 N–H and O–H groups in total.